The molecule has 3 N–H and O–H groups in total. The van der Waals surface area contributed by atoms with E-state index in [4.69, 9.17) is 0 Å². The third-order valence-electron chi connectivity index (χ3n) is 5.60. The quantitative estimate of drug-likeness (QED) is 0.595. The van der Waals surface area contributed by atoms with Gasteiger partial charge in [-0.1, -0.05) is 49.4 Å². The highest BCUT2D eigenvalue weighted by Gasteiger charge is 2.51. The SMILES string of the molecule is CC[C@]1(c2ccccc2)NC(=O)N(CC(=O)NCC(=O)Nc2cccc(C)c2C)C1=O. The Morgan fingerprint density at radius 3 is 2.39 bits per heavy atom. The Bertz CT molecular complexity index is 1020. The lowest BCUT2D eigenvalue weighted by molar-refractivity contribution is -0.135. The van der Waals surface area contributed by atoms with Crippen molar-refractivity contribution in [3.63, 3.8) is 0 Å². The molecule has 1 heterocycles. The fourth-order valence-corrected chi connectivity index (χ4v) is 3.59. The molecule has 0 unspecified atom stereocenters. The number of hydrogen-bond acceptors (Lipinski definition) is 4. The minimum atomic E-state index is -1.20. The number of amides is 5. The molecule has 1 saturated heterocycles. The minimum Gasteiger partial charge on any atom is -0.345 e. The number of nitrogens with zero attached hydrogens (tertiary/aromatic N) is 1. The fourth-order valence-electron chi connectivity index (χ4n) is 3.59. The summed E-state index contributed by atoms with van der Waals surface area (Å²) in [6.07, 6.45) is 0.345. The highest BCUT2D eigenvalue weighted by molar-refractivity contribution is 6.09. The smallest absolute Gasteiger partial charge is 0.325 e. The second kappa shape index (κ2) is 8.99. The standard InChI is InChI=1S/C23H26N4O4/c1-4-23(17-10-6-5-7-11-17)21(30)27(22(31)26-23)14-20(29)24-13-19(28)25-18-12-8-9-15(2)16(18)3/h5-12H,4,13-14H2,1-3H3,(H,24,29)(H,25,28)(H,26,31)/t23-/m1/s1. The van der Waals surface area contributed by atoms with Gasteiger partial charge in [0, 0.05) is 5.69 Å². The van der Waals surface area contributed by atoms with Crippen LogP contribution in [-0.4, -0.2) is 41.7 Å². The second-order valence-corrected chi connectivity index (χ2v) is 7.52. The Hall–Kier alpha value is -3.68. The summed E-state index contributed by atoms with van der Waals surface area (Å²) in [5.74, 6) is -1.48. The van der Waals surface area contributed by atoms with Gasteiger partial charge in [0.25, 0.3) is 5.91 Å². The zero-order chi connectivity index (χ0) is 22.6. The zero-order valence-electron chi connectivity index (χ0n) is 17.8. The van der Waals surface area contributed by atoms with Gasteiger partial charge >= 0.3 is 6.03 Å². The number of imide groups is 1. The van der Waals surface area contributed by atoms with E-state index in [1.807, 2.05) is 32.0 Å². The van der Waals surface area contributed by atoms with Crippen molar-refractivity contribution in [2.24, 2.45) is 0 Å². The first-order valence-electron chi connectivity index (χ1n) is 10.1. The van der Waals surface area contributed by atoms with Crippen molar-refractivity contribution in [1.82, 2.24) is 15.5 Å². The van der Waals surface area contributed by atoms with Crippen LogP contribution in [0.1, 0.15) is 30.0 Å². The van der Waals surface area contributed by atoms with Crippen molar-refractivity contribution < 1.29 is 19.2 Å². The number of carbonyl (C=O) groups is 4. The largest absolute Gasteiger partial charge is 0.345 e. The Kier molecular flexibility index (Phi) is 6.39. The van der Waals surface area contributed by atoms with E-state index in [1.165, 1.54) is 0 Å². The molecule has 8 heteroatoms. The van der Waals surface area contributed by atoms with E-state index in [0.29, 0.717) is 17.7 Å². The summed E-state index contributed by atoms with van der Waals surface area (Å²) in [6, 6.07) is 13.9. The Balaban J connectivity index is 1.60. The lowest BCUT2D eigenvalue weighted by Crippen LogP contribution is -2.45. The summed E-state index contributed by atoms with van der Waals surface area (Å²) in [4.78, 5) is 50.9. The van der Waals surface area contributed by atoms with Crippen LogP contribution >= 0.6 is 0 Å². The van der Waals surface area contributed by atoms with E-state index in [9.17, 15) is 19.2 Å². The lowest BCUT2D eigenvalue weighted by atomic mass is 9.87. The van der Waals surface area contributed by atoms with Crippen molar-refractivity contribution in [3.8, 4) is 0 Å². The molecule has 0 radical (unpaired) electrons. The first-order chi connectivity index (χ1) is 14.8. The van der Waals surface area contributed by atoms with Crippen molar-refractivity contribution in [3.05, 3.63) is 65.2 Å². The topological polar surface area (TPSA) is 108 Å². The minimum absolute atomic E-state index is 0.270. The predicted molar refractivity (Wildman–Crippen MR) is 116 cm³/mol. The predicted octanol–water partition coefficient (Wildman–Crippen LogP) is 2.22. The zero-order valence-corrected chi connectivity index (χ0v) is 17.8. The van der Waals surface area contributed by atoms with E-state index >= 15 is 0 Å². The molecule has 1 aliphatic rings. The average molecular weight is 422 g/mol. The van der Waals surface area contributed by atoms with Crippen LogP contribution < -0.4 is 16.0 Å². The molecule has 8 nitrogen and oxygen atoms in total. The van der Waals surface area contributed by atoms with E-state index in [0.717, 1.165) is 16.0 Å². The van der Waals surface area contributed by atoms with Crippen LogP contribution in [0.3, 0.4) is 0 Å². The van der Waals surface area contributed by atoms with E-state index in [1.54, 1.807) is 37.3 Å². The van der Waals surface area contributed by atoms with Crippen LogP contribution in [0.15, 0.2) is 48.5 Å². The number of anilines is 1. The van der Waals surface area contributed by atoms with E-state index in [-0.39, 0.29) is 6.54 Å². The highest BCUT2D eigenvalue weighted by Crippen LogP contribution is 2.32. The summed E-state index contributed by atoms with van der Waals surface area (Å²) in [6.45, 7) is 4.90. The molecule has 2 aromatic carbocycles. The normalized spacial score (nSPS) is 18.0. The second-order valence-electron chi connectivity index (χ2n) is 7.52. The number of urea groups is 1. The Morgan fingerprint density at radius 2 is 1.71 bits per heavy atom. The molecule has 0 bridgehead atoms. The Morgan fingerprint density at radius 1 is 1.00 bits per heavy atom. The average Bonchev–Trinajstić information content (AvgIpc) is 3.01. The van der Waals surface area contributed by atoms with Crippen LogP contribution in [0.25, 0.3) is 0 Å². The number of nitrogens with one attached hydrogen (secondary N) is 3. The van der Waals surface area contributed by atoms with Crippen molar-refractivity contribution in [1.29, 1.82) is 0 Å². The molecule has 162 valence electrons. The van der Waals surface area contributed by atoms with Crippen molar-refractivity contribution in [2.75, 3.05) is 18.4 Å². The maximum atomic E-state index is 13.0. The monoisotopic (exact) mass is 422 g/mol. The summed E-state index contributed by atoms with van der Waals surface area (Å²) in [7, 11) is 0. The maximum Gasteiger partial charge on any atom is 0.325 e. The van der Waals surface area contributed by atoms with Gasteiger partial charge in [0.15, 0.2) is 0 Å². The molecule has 1 atom stereocenters. The molecular weight excluding hydrogens is 396 g/mol. The van der Waals surface area contributed by atoms with E-state index < -0.39 is 35.8 Å². The highest BCUT2D eigenvalue weighted by atomic mass is 16.2. The van der Waals surface area contributed by atoms with E-state index in [2.05, 4.69) is 16.0 Å². The molecule has 31 heavy (non-hydrogen) atoms. The summed E-state index contributed by atoms with van der Waals surface area (Å²) < 4.78 is 0. The fraction of sp³-hybridized carbons (Fsp3) is 0.304. The third-order valence-corrected chi connectivity index (χ3v) is 5.60. The van der Waals surface area contributed by atoms with Gasteiger partial charge < -0.3 is 16.0 Å². The van der Waals surface area contributed by atoms with Gasteiger partial charge in [-0.15, -0.1) is 0 Å². The van der Waals surface area contributed by atoms with Gasteiger partial charge in [-0.05, 0) is 43.0 Å². The lowest BCUT2D eigenvalue weighted by Gasteiger charge is -2.25. The van der Waals surface area contributed by atoms with Gasteiger partial charge in [0.05, 0.1) is 6.54 Å². The molecule has 0 aromatic heterocycles. The van der Waals surface area contributed by atoms with Crippen LogP contribution in [0, 0.1) is 13.8 Å². The first kappa shape index (κ1) is 22.0. The Labute approximate surface area is 181 Å². The van der Waals surface area contributed by atoms with Gasteiger partial charge in [-0.3, -0.25) is 19.3 Å². The number of benzene rings is 2. The van der Waals surface area contributed by atoms with Crippen LogP contribution in [-0.2, 0) is 19.9 Å². The maximum absolute atomic E-state index is 13.0. The van der Waals surface area contributed by atoms with Gasteiger partial charge in [0.2, 0.25) is 11.8 Å². The molecular formula is C23H26N4O4. The van der Waals surface area contributed by atoms with Crippen LogP contribution in [0.5, 0.6) is 0 Å². The molecule has 2 aromatic rings. The van der Waals surface area contributed by atoms with Crippen molar-refractivity contribution >= 4 is 29.4 Å². The summed E-state index contributed by atoms with van der Waals surface area (Å²) >= 11 is 0. The molecule has 1 fully saturated rings. The van der Waals surface area contributed by atoms with Gasteiger partial charge in [-0.25, -0.2) is 4.79 Å². The van der Waals surface area contributed by atoms with Crippen LogP contribution in [0.2, 0.25) is 0 Å². The first-order valence-corrected chi connectivity index (χ1v) is 10.1. The van der Waals surface area contributed by atoms with Gasteiger partial charge in [-0.2, -0.15) is 0 Å². The molecule has 0 aliphatic carbocycles. The molecule has 0 spiro atoms. The molecule has 0 saturated carbocycles. The molecule has 3 rings (SSSR count). The van der Waals surface area contributed by atoms with Crippen LogP contribution in [0.4, 0.5) is 10.5 Å². The number of aryl methyl sites for hydroxylation is 1. The third kappa shape index (κ3) is 4.42. The number of rotatable bonds is 7. The molecule has 1 aliphatic heterocycles. The number of carbonyl (C=O) groups excluding carboxylic acids is 4. The number of hydrogen-bond donors (Lipinski definition) is 3. The molecule has 5 amide bonds. The summed E-state index contributed by atoms with van der Waals surface area (Å²) in [5.41, 5.74) is 2.12. The van der Waals surface area contributed by atoms with Crippen molar-refractivity contribution in [2.45, 2.75) is 32.7 Å². The van der Waals surface area contributed by atoms with Gasteiger partial charge in [0.1, 0.15) is 12.1 Å². The summed E-state index contributed by atoms with van der Waals surface area (Å²) in [5, 5.41) is 7.94.